The maximum Gasteiger partial charge on any atom is 0.172 e. The number of carbonyl (C=O) groups is 1. The number of carbonyl (C=O) groups excluding carboxylic acids is 1. The van der Waals surface area contributed by atoms with Crippen molar-refractivity contribution in [2.24, 2.45) is 0 Å². The van der Waals surface area contributed by atoms with Crippen LogP contribution in [0.4, 0.5) is 0 Å². The summed E-state index contributed by atoms with van der Waals surface area (Å²) in [6.45, 7) is 0.210. The lowest BCUT2D eigenvalue weighted by Crippen LogP contribution is -2.15. The topological polar surface area (TPSA) is 60.4 Å². The number of ketones is 1. The molecule has 0 unspecified atom stereocenters. The molecule has 0 fully saturated rings. The largest absolute Gasteiger partial charge is 0.384 e. The Balaban J connectivity index is 2.30. The molecule has 0 N–H and O–H groups in total. The van der Waals surface area contributed by atoms with E-state index >= 15 is 0 Å². The van der Waals surface area contributed by atoms with Gasteiger partial charge in [0.25, 0.3) is 0 Å². The summed E-state index contributed by atoms with van der Waals surface area (Å²) in [6, 6.07) is 3.57. The van der Waals surface area contributed by atoms with Crippen LogP contribution in [0.1, 0.15) is 22.5 Å². The molecular formula is C11H16O4S2. The first-order valence-electron chi connectivity index (χ1n) is 5.31. The minimum atomic E-state index is -3.08. The molecule has 0 amide bonds. The quantitative estimate of drug-likeness (QED) is 0.679. The molecule has 96 valence electrons. The number of sulfone groups is 1. The summed E-state index contributed by atoms with van der Waals surface area (Å²) >= 11 is 1.38. The first-order valence-corrected chi connectivity index (χ1v) is 8.01. The predicted molar refractivity (Wildman–Crippen MR) is 68.4 cm³/mol. The van der Waals surface area contributed by atoms with Crippen LogP contribution in [-0.4, -0.2) is 39.4 Å². The van der Waals surface area contributed by atoms with Crippen molar-refractivity contribution in [2.45, 2.75) is 12.8 Å². The SMILES string of the molecule is COCCS(=O)(=O)CCCC(=O)c1cccs1. The van der Waals surface area contributed by atoms with Gasteiger partial charge in [-0.25, -0.2) is 8.42 Å². The standard InChI is InChI=1S/C11H16O4S2/c1-15-6-9-17(13,14)8-3-4-10(12)11-5-2-7-16-11/h2,5,7H,3-4,6,8-9H2,1H3. The summed E-state index contributed by atoms with van der Waals surface area (Å²) in [7, 11) is -1.61. The van der Waals surface area contributed by atoms with Gasteiger partial charge in [-0.2, -0.15) is 0 Å². The normalized spacial score (nSPS) is 11.6. The van der Waals surface area contributed by atoms with E-state index < -0.39 is 9.84 Å². The molecule has 0 atom stereocenters. The molecule has 0 aromatic carbocycles. The molecule has 0 saturated carbocycles. The Morgan fingerprint density at radius 3 is 2.76 bits per heavy atom. The minimum absolute atomic E-state index is 0.0157. The van der Waals surface area contributed by atoms with E-state index in [0.29, 0.717) is 11.3 Å². The molecule has 0 radical (unpaired) electrons. The van der Waals surface area contributed by atoms with Crippen LogP contribution >= 0.6 is 11.3 Å². The van der Waals surface area contributed by atoms with Crippen LogP contribution in [0.15, 0.2) is 17.5 Å². The third kappa shape index (κ3) is 5.43. The molecule has 17 heavy (non-hydrogen) atoms. The van der Waals surface area contributed by atoms with E-state index in [4.69, 9.17) is 4.74 Å². The zero-order chi connectivity index (χ0) is 12.7. The van der Waals surface area contributed by atoms with Gasteiger partial charge in [-0.15, -0.1) is 11.3 Å². The Kier molecular flexibility index (Phi) is 5.80. The van der Waals surface area contributed by atoms with Gasteiger partial charge in [-0.3, -0.25) is 4.79 Å². The van der Waals surface area contributed by atoms with Crippen molar-refractivity contribution < 1.29 is 17.9 Å². The van der Waals surface area contributed by atoms with E-state index in [9.17, 15) is 13.2 Å². The lowest BCUT2D eigenvalue weighted by molar-refractivity contribution is 0.0986. The Bertz CT molecular complexity index is 434. The monoisotopic (exact) mass is 276 g/mol. The van der Waals surface area contributed by atoms with Gasteiger partial charge in [0.2, 0.25) is 0 Å². The Labute approximate surface area is 106 Å². The molecule has 4 nitrogen and oxygen atoms in total. The molecule has 1 heterocycles. The van der Waals surface area contributed by atoms with Gasteiger partial charge in [-0.1, -0.05) is 6.07 Å². The van der Waals surface area contributed by atoms with E-state index in [1.54, 1.807) is 6.07 Å². The Morgan fingerprint density at radius 1 is 1.41 bits per heavy atom. The molecule has 1 rings (SSSR count). The molecule has 0 saturated heterocycles. The third-order valence-corrected chi connectivity index (χ3v) is 4.86. The maximum atomic E-state index is 11.6. The van der Waals surface area contributed by atoms with Gasteiger partial charge in [0.05, 0.1) is 23.0 Å². The fourth-order valence-corrected chi connectivity index (χ4v) is 3.23. The first-order chi connectivity index (χ1) is 8.05. The van der Waals surface area contributed by atoms with Gasteiger partial charge < -0.3 is 4.74 Å². The van der Waals surface area contributed by atoms with E-state index in [1.807, 2.05) is 11.4 Å². The van der Waals surface area contributed by atoms with Gasteiger partial charge in [-0.05, 0) is 17.9 Å². The fourth-order valence-electron chi connectivity index (χ4n) is 1.33. The van der Waals surface area contributed by atoms with Gasteiger partial charge in [0, 0.05) is 13.5 Å². The summed E-state index contributed by atoms with van der Waals surface area (Å²) < 4.78 is 27.7. The summed E-state index contributed by atoms with van der Waals surface area (Å²) in [5, 5.41) is 1.84. The number of hydrogen-bond donors (Lipinski definition) is 0. The molecule has 1 aromatic heterocycles. The Hall–Kier alpha value is -0.720. The molecule has 0 aliphatic carbocycles. The highest BCUT2D eigenvalue weighted by atomic mass is 32.2. The molecular weight excluding hydrogens is 260 g/mol. The van der Waals surface area contributed by atoms with E-state index in [-0.39, 0.29) is 30.3 Å². The van der Waals surface area contributed by atoms with Crippen LogP contribution in [0.25, 0.3) is 0 Å². The summed E-state index contributed by atoms with van der Waals surface area (Å²) in [5.41, 5.74) is 0. The predicted octanol–water partition coefficient (Wildman–Crippen LogP) is 1.77. The van der Waals surface area contributed by atoms with E-state index in [2.05, 4.69) is 0 Å². The fraction of sp³-hybridized carbons (Fsp3) is 0.545. The lowest BCUT2D eigenvalue weighted by Gasteiger charge is -2.02. The van der Waals surface area contributed by atoms with Crippen LogP contribution < -0.4 is 0 Å². The number of ether oxygens (including phenoxy) is 1. The van der Waals surface area contributed by atoms with Crippen LogP contribution in [0, 0.1) is 0 Å². The average Bonchev–Trinajstić information content (AvgIpc) is 2.79. The molecule has 0 bridgehead atoms. The van der Waals surface area contributed by atoms with E-state index in [1.165, 1.54) is 18.4 Å². The minimum Gasteiger partial charge on any atom is -0.384 e. The van der Waals surface area contributed by atoms with E-state index in [0.717, 1.165) is 0 Å². The summed E-state index contributed by atoms with van der Waals surface area (Å²) in [5.74, 6) is 0.0893. The van der Waals surface area contributed by atoms with Crippen molar-refractivity contribution in [2.75, 3.05) is 25.2 Å². The number of Topliss-reactive ketones (excluding diaryl/α,β-unsaturated/α-hetero) is 1. The van der Waals surface area contributed by atoms with Gasteiger partial charge in [0.1, 0.15) is 0 Å². The third-order valence-electron chi connectivity index (χ3n) is 2.25. The smallest absolute Gasteiger partial charge is 0.172 e. The first kappa shape index (κ1) is 14.3. The maximum absolute atomic E-state index is 11.6. The highest BCUT2D eigenvalue weighted by Gasteiger charge is 2.12. The number of hydrogen-bond acceptors (Lipinski definition) is 5. The van der Waals surface area contributed by atoms with Crippen molar-refractivity contribution in [3.05, 3.63) is 22.4 Å². The molecule has 0 aliphatic heterocycles. The highest BCUT2D eigenvalue weighted by Crippen LogP contribution is 2.12. The molecule has 6 heteroatoms. The lowest BCUT2D eigenvalue weighted by atomic mass is 10.2. The van der Waals surface area contributed by atoms with Crippen molar-refractivity contribution in [1.29, 1.82) is 0 Å². The van der Waals surface area contributed by atoms with Crippen molar-refractivity contribution in [1.82, 2.24) is 0 Å². The van der Waals surface area contributed by atoms with Crippen molar-refractivity contribution >= 4 is 27.0 Å². The highest BCUT2D eigenvalue weighted by molar-refractivity contribution is 7.91. The Morgan fingerprint density at radius 2 is 2.18 bits per heavy atom. The van der Waals surface area contributed by atoms with Gasteiger partial charge >= 0.3 is 0 Å². The summed E-state index contributed by atoms with van der Waals surface area (Å²) in [6.07, 6.45) is 0.662. The second kappa shape index (κ2) is 6.88. The van der Waals surface area contributed by atoms with Crippen LogP contribution in [0.3, 0.4) is 0 Å². The molecule has 0 spiro atoms. The van der Waals surface area contributed by atoms with Crippen LogP contribution in [-0.2, 0) is 14.6 Å². The second-order valence-electron chi connectivity index (χ2n) is 3.65. The van der Waals surface area contributed by atoms with Crippen LogP contribution in [0.5, 0.6) is 0 Å². The molecule has 0 aliphatic rings. The zero-order valence-electron chi connectivity index (χ0n) is 9.72. The van der Waals surface area contributed by atoms with Crippen molar-refractivity contribution in [3.63, 3.8) is 0 Å². The second-order valence-corrected chi connectivity index (χ2v) is 6.90. The molecule has 1 aromatic rings. The summed E-state index contributed by atoms with van der Waals surface area (Å²) in [4.78, 5) is 12.3. The zero-order valence-corrected chi connectivity index (χ0v) is 11.4. The average molecular weight is 276 g/mol. The van der Waals surface area contributed by atoms with Crippen molar-refractivity contribution in [3.8, 4) is 0 Å². The van der Waals surface area contributed by atoms with Crippen LogP contribution in [0.2, 0.25) is 0 Å². The number of thiophene rings is 1. The van der Waals surface area contributed by atoms with Gasteiger partial charge in [0.15, 0.2) is 15.6 Å². The number of methoxy groups -OCH3 is 1. The number of rotatable bonds is 8.